The van der Waals surface area contributed by atoms with Crippen molar-refractivity contribution in [3.05, 3.63) is 18.1 Å². The van der Waals surface area contributed by atoms with E-state index >= 15 is 0 Å². The van der Waals surface area contributed by atoms with Crippen LogP contribution in [0.15, 0.2) is 21.6 Å². The molecule has 0 aromatic carbocycles. The molecule has 0 aliphatic heterocycles. The van der Waals surface area contributed by atoms with E-state index in [9.17, 15) is 14.4 Å². The Morgan fingerprint density at radius 1 is 1.50 bits per heavy atom. The van der Waals surface area contributed by atoms with Crippen molar-refractivity contribution in [1.29, 1.82) is 0 Å². The van der Waals surface area contributed by atoms with Gasteiger partial charge in [0, 0.05) is 11.3 Å². The van der Waals surface area contributed by atoms with Gasteiger partial charge in [0.05, 0.1) is 13.4 Å². The molecule has 1 N–H and O–H groups in total. The standard InChI is InChI=1S/C11H12O6S/c1-6-8(3-4-17-6)18-9(11(15)16-2)5-7(12)10(13)14/h3-4,9H,5H2,1-2H3,(H,13,14). The maximum absolute atomic E-state index is 11.5. The Kier molecular flexibility index (Phi) is 4.96. The van der Waals surface area contributed by atoms with Crippen LogP contribution in [0.2, 0.25) is 0 Å². The lowest BCUT2D eigenvalue weighted by Gasteiger charge is -2.11. The van der Waals surface area contributed by atoms with Crippen LogP contribution in [0.4, 0.5) is 0 Å². The molecule has 18 heavy (non-hydrogen) atoms. The number of rotatable bonds is 6. The number of methoxy groups -OCH3 is 1. The molecule has 0 fully saturated rings. The molecule has 1 aromatic heterocycles. The zero-order valence-corrected chi connectivity index (χ0v) is 10.7. The first-order chi connectivity index (χ1) is 8.45. The van der Waals surface area contributed by atoms with E-state index in [1.54, 1.807) is 13.0 Å². The van der Waals surface area contributed by atoms with E-state index in [1.807, 2.05) is 0 Å². The summed E-state index contributed by atoms with van der Waals surface area (Å²) >= 11 is 1.05. The molecule has 0 aliphatic rings. The first-order valence-electron chi connectivity index (χ1n) is 5.00. The number of aliphatic carboxylic acids is 1. The number of carboxylic acid groups (broad SMARTS) is 1. The summed E-state index contributed by atoms with van der Waals surface area (Å²) in [5.41, 5.74) is 0. The van der Waals surface area contributed by atoms with E-state index < -0.39 is 29.4 Å². The van der Waals surface area contributed by atoms with Gasteiger partial charge >= 0.3 is 11.9 Å². The van der Waals surface area contributed by atoms with Crippen LogP contribution in [0.5, 0.6) is 0 Å². The van der Waals surface area contributed by atoms with Gasteiger partial charge in [0.1, 0.15) is 11.0 Å². The number of furan rings is 1. The highest BCUT2D eigenvalue weighted by Gasteiger charge is 2.27. The summed E-state index contributed by atoms with van der Waals surface area (Å²) in [6, 6.07) is 1.64. The zero-order valence-electron chi connectivity index (χ0n) is 9.84. The van der Waals surface area contributed by atoms with Gasteiger partial charge in [-0.2, -0.15) is 0 Å². The number of aryl methyl sites for hydroxylation is 1. The molecule has 0 bridgehead atoms. The minimum absolute atomic E-state index is 0.419. The van der Waals surface area contributed by atoms with Crippen LogP contribution in [-0.4, -0.2) is 35.2 Å². The van der Waals surface area contributed by atoms with Crippen molar-refractivity contribution in [2.75, 3.05) is 7.11 Å². The van der Waals surface area contributed by atoms with Gasteiger partial charge in [0.2, 0.25) is 5.78 Å². The highest BCUT2D eigenvalue weighted by Crippen LogP contribution is 2.29. The molecule has 7 heteroatoms. The number of ether oxygens (including phenoxy) is 1. The van der Waals surface area contributed by atoms with Crippen molar-refractivity contribution in [3.63, 3.8) is 0 Å². The smallest absolute Gasteiger partial charge is 0.372 e. The maximum Gasteiger partial charge on any atom is 0.372 e. The van der Waals surface area contributed by atoms with Crippen LogP contribution in [-0.2, 0) is 19.1 Å². The van der Waals surface area contributed by atoms with Gasteiger partial charge in [-0.05, 0) is 13.0 Å². The molecule has 1 atom stereocenters. The molecule has 0 radical (unpaired) electrons. The number of hydrogen-bond donors (Lipinski definition) is 1. The molecule has 0 saturated carbocycles. The van der Waals surface area contributed by atoms with Gasteiger partial charge in [0.15, 0.2) is 0 Å². The summed E-state index contributed by atoms with van der Waals surface area (Å²) in [5.74, 6) is -2.64. The molecule has 0 amide bonds. The number of Topliss-reactive ketones (excluding diaryl/α,β-unsaturated/α-hetero) is 1. The number of ketones is 1. The molecule has 6 nitrogen and oxygen atoms in total. The van der Waals surface area contributed by atoms with E-state index in [0.717, 1.165) is 11.8 Å². The highest BCUT2D eigenvalue weighted by atomic mass is 32.2. The van der Waals surface area contributed by atoms with Crippen LogP contribution in [0.1, 0.15) is 12.2 Å². The molecule has 0 saturated heterocycles. The van der Waals surface area contributed by atoms with Crippen molar-refractivity contribution in [2.45, 2.75) is 23.5 Å². The van der Waals surface area contributed by atoms with Crippen molar-refractivity contribution < 1.29 is 28.6 Å². The molecule has 1 rings (SSSR count). The molecular weight excluding hydrogens is 260 g/mol. The lowest BCUT2D eigenvalue weighted by molar-refractivity contribution is -0.150. The van der Waals surface area contributed by atoms with E-state index in [2.05, 4.69) is 4.74 Å². The number of hydrogen-bond acceptors (Lipinski definition) is 6. The fraction of sp³-hybridized carbons (Fsp3) is 0.364. The molecule has 1 heterocycles. The lowest BCUT2D eigenvalue weighted by Crippen LogP contribution is -2.26. The van der Waals surface area contributed by atoms with E-state index in [1.165, 1.54) is 13.4 Å². The van der Waals surface area contributed by atoms with Crippen LogP contribution in [0.3, 0.4) is 0 Å². The van der Waals surface area contributed by atoms with Gasteiger partial charge in [-0.15, -0.1) is 11.8 Å². The molecular formula is C11H12O6S. The fourth-order valence-corrected chi connectivity index (χ4v) is 2.29. The van der Waals surface area contributed by atoms with Crippen LogP contribution in [0, 0.1) is 6.92 Å². The largest absolute Gasteiger partial charge is 0.476 e. The summed E-state index contributed by atoms with van der Waals surface area (Å²) in [6.07, 6.45) is 1.03. The third-order valence-electron chi connectivity index (χ3n) is 2.15. The minimum atomic E-state index is -1.56. The lowest BCUT2D eigenvalue weighted by atomic mass is 10.2. The van der Waals surface area contributed by atoms with Gasteiger partial charge in [0.25, 0.3) is 0 Å². The maximum atomic E-state index is 11.5. The number of carbonyl (C=O) groups excluding carboxylic acids is 2. The zero-order chi connectivity index (χ0) is 13.7. The quantitative estimate of drug-likeness (QED) is 0.473. The highest BCUT2D eigenvalue weighted by molar-refractivity contribution is 8.00. The van der Waals surface area contributed by atoms with Gasteiger partial charge in [-0.3, -0.25) is 9.59 Å². The van der Waals surface area contributed by atoms with Crippen LogP contribution < -0.4 is 0 Å². The molecule has 0 aliphatic carbocycles. The third kappa shape index (κ3) is 3.63. The number of carbonyl (C=O) groups is 3. The second kappa shape index (κ2) is 6.25. The monoisotopic (exact) mass is 272 g/mol. The molecule has 98 valence electrons. The Morgan fingerprint density at radius 2 is 2.17 bits per heavy atom. The summed E-state index contributed by atoms with van der Waals surface area (Å²) in [5, 5.41) is 7.64. The van der Waals surface area contributed by atoms with E-state index in [-0.39, 0.29) is 0 Å². The Labute approximate surface area is 107 Å². The second-order valence-corrected chi connectivity index (χ2v) is 4.65. The van der Waals surface area contributed by atoms with Gasteiger partial charge in [-0.25, -0.2) is 4.79 Å². The Bertz CT molecular complexity index is 464. The van der Waals surface area contributed by atoms with Gasteiger partial charge in [-0.1, -0.05) is 0 Å². The average molecular weight is 272 g/mol. The van der Waals surface area contributed by atoms with Crippen LogP contribution in [0.25, 0.3) is 0 Å². The topological polar surface area (TPSA) is 93.8 Å². The average Bonchev–Trinajstić information content (AvgIpc) is 2.72. The Hall–Kier alpha value is -1.76. The predicted octanol–water partition coefficient (Wildman–Crippen LogP) is 1.27. The first kappa shape index (κ1) is 14.3. The second-order valence-electron chi connectivity index (χ2n) is 3.40. The van der Waals surface area contributed by atoms with Crippen molar-refractivity contribution in [1.82, 2.24) is 0 Å². The Morgan fingerprint density at radius 3 is 2.61 bits per heavy atom. The molecule has 1 unspecified atom stereocenters. The summed E-state index contributed by atoms with van der Waals surface area (Å²) in [6.45, 7) is 1.70. The van der Waals surface area contributed by atoms with Crippen molar-refractivity contribution in [3.8, 4) is 0 Å². The van der Waals surface area contributed by atoms with Crippen LogP contribution >= 0.6 is 11.8 Å². The Balaban J connectivity index is 2.79. The van der Waals surface area contributed by atoms with E-state index in [0.29, 0.717) is 10.7 Å². The molecule has 0 spiro atoms. The fourth-order valence-electron chi connectivity index (χ4n) is 1.21. The number of thioether (sulfide) groups is 1. The predicted molar refractivity (Wildman–Crippen MR) is 62.4 cm³/mol. The van der Waals surface area contributed by atoms with Crippen molar-refractivity contribution in [2.24, 2.45) is 0 Å². The SMILES string of the molecule is COC(=O)C(CC(=O)C(=O)O)Sc1ccoc1C. The summed E-state index contributed by atoms with van der Waals surface area (Å²) in [4.78, 5) is 33.8. The first-order valence-corrected chi connectivity index (χ1v) is 5.88. The minimum Gasteiger partial charge on any atom is -0.476 e. The summed E-state index contributed by atoms with van der Waals surface area (Å²) < 4.78 is 9.60. The van der Waals surface area contributed by atoms with E-state index in [4.69, 9.17) is 9.52 Å². The number of esters is 1. The van der Waals surface area contributed by atoms with Gasteiger partial charge < -0.3 is 14.3 Å². The number of carboxylic acids is 1. The normalized spacial score (nSPS) is 11.9. The summed E-state index contributed by atoms with van der Waals surface area (Å²) in [7, 11) is 1.18. The molecule has 1 aromatic rings. The van der Waals surface area contributed by atoms with Crippen molar-refractivity contribution >= 4 is 29.5 Å². The third-order valence-corrected chi connectivity index (χ3v) is 3.47.